The molecule has 6 heteroatoms. The van der Waals surface area contributed by atoms with E-state index in [2.05, 4.69) is 33.5 Å². The first-order valence-corrected chi connectivity index (χ1v) is 7.84. The van der Waals surface area contributed by atoms with Crippen LogP contribution in [0.3, 0.4) is 0 Å². The Morgan fingerprint density at radius 1 is 1.33 bits per heavy atom. The highest BCUT2D eigenvalue weighted by Gasteiger charge is 2.06. The zero-order valence-corrected chi connectivity index (χ0v) is 14.2. The van der Waals surface area contributed by atoms with Crippen LogP contribution in [-0.4, -0.2) is 39.3 Å². The smallest absolute Gasteiger partial charge is 0.234 e. The third-order valence-electron chi connectivity index (χ3n) is 2.71. The van der Waals surface area contributed by atoms with Gasteiger partial charge in [-0.15, -0.1) is 0 Å². The van der Waals surface area contributed by atoms with Gasteiger partial charge in [0.15, 0.2) is 0 Å². The fraction of sp³-hybridized carbons (Fsp3) is 0.533. The van der Waals surface area contributed by atoms with Gasteiger partial charge in [-0.05, 0) is 24.6 Å². The van der Waals surface area contributed by atoms with Crippen LogP contribution in [-0.2, 0) is 16.1 Å². The molecule has 21 heavy (non-hydrogen) atoms. The summed E-state index contributed by atoms with van der Waals surface area (Å²) in [7, 11) is 1.61. The summed E-state index contributed by atoms with van der Waals surface area (Å²) >= 11 is 3.45. The van der Waals surface area contributed by atoms with E-state index in [0.717, 1.165) is 22.2 Å². The zero-order chi connectivity index (χ0) is 15.5. The molecule has 0 atom stereocenters. The maximum absolute atomic E-state index is 11.6. The van der Waals surface area contributed by atoms with Gasteiger partial charge in [0.05, 0.1) is 19.8 Å². The highest BCUT2D eigenvalue weighted by atomic mass is 79.9. The maximum atomic E-state index is 11.6. The summed E-state index contributed by atoms with van der Waals surface area (Å²) in [5.41, 5.74) is 1.03. The van der Waals surface area contributed by atoms with Crippen LogP contribution in [0.15, 0.2) is 22.7 Å². The van der Waals surface area contributed by atoms with Gasteiger partial charge in [-0.25, -0.2) is 0 Å². The summed E-state index contributed by atoms with van der Waals surface area (Å²) in [5.74, 6) is 0.811. The molecule has 0 radical (unpaired) electrons. The number of methoxy groups -OCH3 is 1. The SMILES string of the molecule is CCCOc1ccc(Br)cc1CNCC(=O)NCCOC. The van der Waals surface area contributed by atoms with E-state index in [0.29, 0.717) is 26.3 Å². The number of benzene rings is 1. The first kappa shape index (κ1) is 17.9. The number of carbonyl (C=O) groups excluding carboxylic acids is 1. The average molecular weight is 359 g/mol. The van der Waals surface area contributed by atoms with Gasteiger partial charge in [-0.2, -0.15) is 0 Å². The number of ether oxygens (including phenoxy) is 2. The topological polar surface area (TPSA) is 59.6 Å². The number of amides is 1. The predicted octanol–water partition coefficient (Wildman–Crippen LogP) is 2.09. The van der Waals surface area contributed by atoms with Crippen molar-refractivity contribution in [3.8, 4) is 5.75 Å². The summed E-state index contributed by atoms with van der Waals surface area (Å²) in [6, 6.07) is 5.89. The molecule has 0 saturated carbocycles. The van der Waals surface area contributed by atoms with Crippen molar-refractivity contribution in [3.63, 3.8) is 0 Å². The molecule has 0 heterocycles. The number of carbonyl (C=O) groups is 1. The van der Waals surface area contributed by atoms with Gasteiger partial charge in [0, 0.05) is 30.2 Å². The molecule has 0 unspecified atom stereocenters. The van der Waals surface area contributed by atoms with E-state index < -0.39 is 0 Å². The Bertz CT molecular complexity index is 441. The van der Waals surface area contributed by atoms with Crippen LogP contribution in [0.4, 0.5) is 0 Å². The minimum absolute atomic E-state index is 0.0435. The highest BCUT2D eigenvalue weighted by Crippen LogP contribution is 2.23. The first-order chi connectivity index (χ1) is 10.2. The molecule has 118 valence electrons. The van der Waals surface area contributed by atoms with Gasteiger partial charge in [0.1, 0.15) is 5.75 Å². The molecule has 2 N–H and O–H groups in total. The molecule has 1 amide bonds. The van der Waals surface area contributed by atoms with Crippen LogP contribution in [0.25, 0.3) is 0 Å². The van der Waals surface area contributed by atoms with E-state index in [-0.39, 0.29) is 12.5 Å². The molecule has 0 bridgehead atoms. The average Bonchev–Trinajstić information content (AvgIpc) is 2.47. The highest BCUT2D eigenvalue weighted by molar-refractivity contribution is 9.10. The predicted molar refractivity (Wildman–Crippen MR) is 86.5 cm³/mol. The second-order valence-electron chi connectivity index (χ2n) is 4.55. The minimum atomic E-state index is -0.0435. The summed E-state index contributed by atoms with van der Waals surface area (Å²) in [6.45, 7) is 4.65. The molecule has 0 fully saturated rings. The Morgan fingerprint density at radius 2 is 2.14 bits per heavy atom. The van der Waals surface area contributed by atoms with Crippen LogP contribution >= 0.6 is 15.9 Å². The lowest BCUT2D eigenvalue weighted by Crippen LogP contribution is -2.35. The van der Waals surface area contributed by atoms with Gasteiger partial charge in [0.25, 0.3) is 0 Å². The molecule has 1 aromatic rings. The quantitative estimate of drug-likeness (QED) is 0.628. The van der Waals surface area contributed by atoms with Gasteiger partial charge < -0.3 is 20.1 Å². The molecular weight excluding hydrogens is 336 g/mol. The van der Waals surface area contributed by atoms with Crippen LogP contribution in [0.1, 0.15) is 18.9 Å². The number of halogens is 1. The Balaban J connectivity index is 2.42. The summed E-state index contributed by atoms with van der Waals surface area (Å²) in [4.78, 5) is 11.6. The second kappa shape index (κ2) is 10.6. The van der Waals surface area contributed by atoms with Crippen molar-refractivity contribution in [2.75, 3.05) is 33.4 Å². The van der Waals surface area contributed by atoms with E-state index in [4.69, 9.17) is 9.47 Å². The molecule has 1 rings (SSSR count). The van der Waals surface area contributed by atoms with E-state index in [1.807, 2.05) is 18.2 Å². The monoisotopic (exact) mass is 358 g/mol. The molecule has 5 nitrogen and oxygen atoms in total. The molecule has 1 aromatic carbocycles. The van der Waals surface area contributed by atoms with Crippen molar-refractivity contribution < 1.29 is 14.3 Å². The van der Waals surface area contributed by atoms with E-state index in [1.54, 1.807) is 7.11 Å². The van der Waals surface area contributed by atoms with Crippen molar-refractivity contribution in [3.05, 3.63) is 28.2 Å². The fourth-order valence-electron chi connectivity index (χ4n) is 1.70. The molecular formula is C15H23BrN2O3. The van der Waals surface area contributed by atoms with E-state index >= 15 is 0 Å². The third kappa shape index (κ3) is 7.45. The zero-order valence-electron chi connectivity index (χ0n) is 12.6. The molecule has 0 aliphatic rings. The van der Waals surface area contributed by atoms with Crippen LogP contribution < -0.4 is 15.4 Å². The largest absolute Gasteiger partial charge is 0.493 e. The summed E-state index contributed by atoms with van der Waals surface area (Å²) < 4.78 is 11.6. The van der Waals surface area contributed by atoms with Crippen molar-refractivity contribution in [1.29, 1.82) is 0 Å². The van der Waals surface area contributed by atoms with Gasteiger partial charge in [-0.1, -0.05) is 22.9 Å². The Morgan fingerprint density at radius 3 is 2.86 bits per heavy atom. The Labute approximate surface area is 134 Å². The van der Waals surface area contributed by atoms with E-state index in [9.17, 15) is 4.79 Å². The number of hydrogen-bond acceptors (Lipinski definition) is 4. The lowest BCUT2D eigenvalue weighted by atomic mass is 10.2. The third-order valence-corrected chi connectivity index (χ3v) is 3.21. The first-order valence-electron chi connectivity index (χ1n) is 7.05. The van der Waals surface area contributed by atoms with Crippen LogP contribution in [0, 0.1) is 0 Å². The van der Waals surface area contributed by atoms with E-state index in [1.165, 1.54) is 0 Å². The van der Waals surface area contributed by atoms with Crippen molar-refractivity contribution >= 4 is 21.8 Å². The number of rotatable bonds is 10. The molecule has 0 spiro atoms. The lowest BCUT2D eigenvalue weighted by molar-refractivity contribution is -0.120. The van der Waals surface area contributed by atoms with Crippen molar-refractivity contribution in [2.24, 2.45) is 0 Å². The second-order valence-corrected chi connectivity index (χ2v) is 5.46. The van der Waals surface area contributed by atoms with Crippen molar-refractivity contribution in [2.45, 2.75) is 19.9 Å². The standard InChI is InChI=1S/C15H23BrN2O3/c1-3-7-21-14-5-4-13(16)9-12(14)10-17-11-15(19)18-6-8-20-2/h4-5,9,17H,3,6-8,10-11H2,1-2H3,(H,18,19). The van der Waals surface area contributed by atoms with Crippen LogP contribution in [0.5, 0.6) is 5.75 Å². The summed E-state index contributed by atoms with van der Waals surface area (Å²) in [6.07, 6.45) is 0.963. The molecule has 0 aliphatic carbocycles. The van der Waals surface area contributed by atoms with Crippen molar-refractivity contribution in [1.82, 2.24) is 10.6 Å². The van der Waals surface area contributed by atoms with Gasteiger partial charge in [0.2, 0.25) is 5.91 Å². The fourth-order valence-corrected chi connectivity index (χ4v) is 2.11. The lowest BCUT2D eigenvalue weighted by Gasteiger charge is -2.12. The normalized spacial score (nSPS) is 10.4. The Hall–Kier alpha value is -1.11. The maximum Gasteiger partial charge on any atom is 0.234 e. The summed E-state index contributed by atoms with van der Waals surface area (Å²) in [5, 5.41) is 5.88. The molecule has 0 aliphatic heterocycles. The molecule has 0 aromatic heterocycles. The molecule has 0 saturated heterocycles. The Kier molecular flexibility index (Phi) is 9.05. The number of hydrogen-bond donors (Lipinski definition) is 2. The number of nitrogens with one attached hydrogen (secondary N) is 2. The van der Waals surface area contributed by atoms with Gasteiger partial charge >= 0.3 is 0 Å². The van der Waals surface area contributed by atoms with Crippen LogP contribution in [0.2, 0.25) is 0 Å². The minimum Gasteiger partial charge on any atom is -0.493 e. The van der Waals surface area contributed by atoms with Gasteiger partial charge in [-0.3, -0.25) is 4.79 Å².